The third-order valence-corrected chi connectivity index (χ3v) is 10.9. The first-order chi connectivity index (χ1) is 28.0. The highest BCUT2D eigenvalue weighted by atomic mass is 16.5. The Morgan fingerprint density at radius 3 is 2.40 bits per heavy atom. The normalized spacial score (nSPS) is 17.8. The summed E-state index contributed by atoms with van der Waals surface area (Å²) in [5, 5.41) is 27.4. The molecule has 2 aliphatic rings. The molecule has 14 nitrogen and oxygen atoms in total. The summed E-state index contributed by atoms with van der Waals surface area (Å²) in [5.74, 6) is -1.35. The van der Waals surface area contributed by atoms with Crippen LogP contribution < -0.4 is 25.1 Å². The molecule has 2 atom stereocenters. The molecule has 0 bridgehead atoms. The van der Waals surface area contributed by atoms with Gasteiger partial charge in [-0.05, 0) is 86.9 Å². The summed E-state index contributed by atoms with van der Waals surface area (Å²) in [5.41, 5.74) is 0.954. The summed E-state index contributed by atoms with van der Waals surface area (Å²) in [6.45, 7) is 3.48. The molecule has 1 amide bonds. The number of ketones is 1. The Labute approximate surface area is 337 Å². The van der Waals surface area contributed by atoms with Crippen LogP contribution >= 0.6 is 0 Å². The highest BCUT2D eigenvalue weighted by Gasteiger charge is 2.33. The second-order valence-corrected chi connectivity index (χ2v) is 14.9. The number of ether oxygens (including phenoxy) is 4. The van der Waals surface area contributed by atoms with E-state index in [1.807, 2.05) is 12.1 Å². The molecular weight excluding hydrogens is 745 g/mol. The third kappa shape index (κ3) is 9.79. The first-order valence-corrected chi connectivity index (χ1v) is 19.8. The van der Waals surface area contributed by atoms with Crippen LogP contribution in [0.3, 0.4) is 0 Å². The summed E-state index contributed by atoms with van der Waals surface area (Å²) in [7, 11) is 4.39. The zero-order chi connectivity index (χ0) is 41.3. The Morgan fingerprint density at radius 2 is 1.69 bits per heavy atom. The number of cyclic esters (lactones) is 1. The average Bonchev–Trinajstić information content (AvgIpc) is 3.20. The number of aromatic nitrogens is 2. The molecule has 1 aromatic heterocycles. The van der Waals surface area contributed by atoms with Gasteiger partial charge in [-0.25, -0.2) is 9.78 Å². The van der Waals surface area contributed by atoms with Crippen molar-refractivity contribution >= 4 is 34.6 Å². The number of carbonyl (C=O) groups is 3. The Morgan fingerprint density at radius 1 is 0.983 bits per heavy atom. The number of para-hydroxylation sites is 1. The molecule has 1 unspecified atom stereocenters. The molecule has 2 aliphatic heterocycles. The number of fused-ring (bicyclic) bond motifs is 2. The number of esters is 1. The fraction of sp³-hybridized carbons (Fsp3) is 0.432. The highest BCUT2D eigenvalue weighted by molar-refractivity contribution is 5.98. The lowest BCUT2D eigenvalue weighted by Crippen LogP contribution is -2.44. The number of aromatic hydroxyl groups is 2. The second-order valence-electron chi connectivity index (χ2n) is 14.9. The largest absolute Gasteiger partial charge is 0.507 e. The first kappa shape index (κ1) is 41.7. The van der Waals surface area contributed by atoms with Gasteiger partial charge in [-0.15, -0.1) is 0 Å². The van der Waals surface area contributed by atoms with E-state index in [1.54, 1.807) is 43.3 Å². The topological polar surface area (TPSA) is 190 Å². The van der Waals surface area contributed by atoms with Gasteiger partial charge in [-0.2, -0.15) is 0 Å². The predicted molar refractivity (Wildman–Crippen MR) is 218 cm³/mol. The van der Waals surface area contributed by atoms with Crippen molar-refractivity contribution in [3.8, 4) is 28.7 Å². The number of benzene rings is 3. The van der Waals surface area contributed by atoms with E-state index in [4.69, 9.17) is 18.9 Å². The zero-order valence-corrected chi connectivity index (χ0v) is 33.5. The number of aromatic amines is 1. The van der Waals surface area contributed by atoms with Gasteiger partial charge >= 0.3 is 5.97 Å². The van der Waals surface area contributed by atoms with Gasteiger partial charge in [0.25, 0.3) is 5.56 Å². The number of amides is 1. The van der Waals surface area contributed by atoms with Gasteiger partial charge in [0.2, 0.25) is 11.7 Å². The molecule has 58 heavy (non-hydrogen) atoms. The Bertz CT molecular complexity index is 2200. The number of methoxy groups -OCH3 is 3. The quantitative estimate of drug-likeness (QED) is 0.134. The number of nitrogens with zero attached hydrogens (tertiary/aromatic N) is 2. The lowest BCUT2D eigenvalue weighted by Gasteiger charge is -2.32. The molecule has 6 rings (SSSR count). The van der Waals surface area contributed by atoms with Crippen LogP contribution in [-0.2, 0) is 20.9 Å². The number of rotatable bonds is 10. The maximum absolute atomic E-state index is 14.0. The Balaban J connectivity index is 1.29. The number of carbonyl (C=O) groups excluding carboxylic acids is 3. The molecule has 14 heteroatoms. The number of hydrogen-bond donors (Lipinski definition) is 4. The smallest absolute Gasteiger partial charge is 0.342 e. The number of allylic oxidation sites excluding steroid dienone is 1. The van der Waals surface area contributed by atoms with E-state index >= 15 is 0 Å². The summed E-state index contributed by atoms with van der Waals surface area (Å²) >= 11 is 0. The van der Waals surface area contributed by atoms with E-state index < -0.39 is 23.7 Å². The molecule has 0 spiro atoms. The molecule has 0 radical (unpaired) electrons. The van der Waals surface area contributed by atoms with E-state index in [2.05, 4.69) is 20.2 Å². The highest BCUT2D eigenvalue weighted by Crippen LogP contribution is 2.48. The second kappa shape index (κ2) is 19.0. The number of phenolic OH excluding ortho intramolecular Hbond substituents is 2. The van der Waals surface area contributed by atoms with Crippen LogP contribution in [-0.4, -0.2) is 89.3 Å². The van der Waals surface area contributed by atoms with Crippen LogP contribution in [0.25, 0.3) is 17.0 Å². The minimum Gasteiger partial charge on any atom is -0.507 e. The molecule has 0 saturated carbocycles. The molecule has 3 aromatic carbocycles. The van der Waals surface area contributed by atoms with Crippen molar-refractivity contribution < 1.29 is 43.5 Å². The molecule has 4 N–H and O–H groups in total. The van der Waals surface area contributed by atoms with Crippen LogP contribution in [0.2, 0.25) is 0 Å². The number of likely N-dealkylation sites (tertiary alicyclic amines) is 1. The fourth-order valence-electron chi connectivity index (χ4n) is 7.84. The van der Waals surface area contributed by atoms with Crippen LogP contribution in [0.4, 0.5) is 0 Å². The summed E-state index contributed by atoms with van der Waals surface area (Å²) < 4.78 is 22.6. The lowest BCUT2D eigenvalue weighted by atomic mass is 9.84. The predicted octanol–water partition coefficient (Wildman–Crippen LogP) is 6.14. The number of hydrogen-bond acceptors (Lipinski definition) is 12. The fourth-order valence-corrected chi connectivity index (χ4v) is 7.84. The van der Waals surface area contributed by atoms with Crippen LogP contribution in [0, 0.1) is 0 Å². The van der Waals surface area contributed by atoms with Crippen LogP contribution in [0.5, 0.6) is 28.7 Å². The van der Waals surface area contributed by atoms with Crippen molar-refractivity contribution in [3.05, 3.63) is 87.0 Å². The van der Waals surface area contributed by atoms with Gasteiger partial charge in [0.1, 0.15) is 28.7 Å². The number of piperidine rings is 1. The van der Waals surface area contributed by atoms with Gasteiger partial charge in [0, 0.05) is 49.9 Å². The minimum atomic E-state index is -0.997. The van der Waals surface area contributed by atoms with E-state index in [0.717, 1.165) is 0 Å². The van der Waals surface area contributed by atoms with Gasteiger partial charge in [-0.3, -0.25) is 19.3 Å². The monoisotopic (exact) mass is 796 g/mol. The Hall–Kier alpha value is -5.89. The number of phenols is 2. The van der Waals surface area contributed by atoms with Gasteiger partial charge in [0.05, 0.1) is 44.9 Å². The zero-order valence-electron chi connectivity index (χ0n) is 33.5. The number of Topliss-reactive ketones (excluding diaryl/α,β-unsaturated/α-hetero) is 1. The van der Waals surface area contributed by atoms with Crippen molar-refractivity contribution in [2.45, 2.75) is 89.3 Å². The van der Waals surface area contributed by atoms with Crippen LogP contribution in [0.15, 0.2) is 53.3 Å². The van der Waals surface area contributed by atoms with Gasteiger partial charge < -0.3 is 39.5 Å². The molecule has 308 valence electrons. The molecule has 0 aliphatic carbocycles. The minimum absolute atomic E-state index is 0.0421. The van der Waals surface area contributed by atoms with E-state index in [-0.39, 0.29) is 52.2 Å². The standard InChI is InChI=1S/C44H52N4O10/c1-26-11-10-14-30(49)13-7-5-6-12-27-21-34(50)40(41(52)39(27)44(54)58-26)32(28-22-35(55-2)42(57-4)36(23-28)56-3)24-38(51)45-29-17-19-48(20-18-29)25-37-46-33-16-9-8-15-31(33)43(53)47-37/h6,8-9,12,15-16,21-23,26,29,32,50,52H,5,7,10-11,13-14,17-20,24-25H2,1-4H3,(H,45,51)(H,46,47,53)/t26-,32?/m0/s1. The van der Waals surface area contributed by atoms with Crippen molar-refractivity contribution in [2.75, 3.05) is 34.4 Å². The molecular formula is C44H52N4O10. The number of nitrogens with one attached hydrogen (secondary N) is 2. The van der Waals surface area contributed by atoms with Crippen molar-refractivity contribution in [1.82, 2.24) is 20.2 Å². The van der Waals surface area contributed by atoms with E-state index in [0.29, 0.717) is 111 Å². The first-order valence-electron chi connectivity index (χ1n) is 19.8. The van der Waals surface area contributed by atoms with Crippen molar-refractivity contribution in [3.63, 3.8) is 0 Å². The molecule has 4 aromatic rings. The van der Waals surface area contributed by atoms with Gasteiger partial charge in [0.15, 0.2) is 11.5 Å². The molecule has 3 heterocycles. The maximum atomic E-state index is 14.0. The van der Waals surface area contributed by atoms with Crippen molar-refractivity contribution in [1.29, 1.82) is 0 Å². The van der Waals surface area contributed by atoms with Gasteiger partial charge in [-0.1, -0.05) is 24.3 Å². The number of H-pyrrole nitrogens is 1. The molecule has 1 saturated heterocycles. The lowest BCUT2D eigenvalue weighted by molar-refractivity contribution is -0.122. The Kier molecular flexibility index (Phi) is 13.7. The van der Waals surface area contributed by atoms with E-state index in [9.17, 15) is 29.4 Å². The summed E-state index contributed by atoms with van der Waals surface area (Å²) in [6.07, 6.45) is 6.94. The maximum Gasteiger partial charge on any atom is 0.342 e. The SMILES string of the molecule is COc1cc(C(CC(=O)NC2CCN(Cc3nc4ccccc4c(=O)[nH]3)CC2)c2c(O)cc3c(c2O)C(=O)O[C@@H](C)CCCC(=O)CCCC=C3)cc(OC)c1OC. The van der Waals surface area contributed by atoms with Crippen molar-refractivity contribution in [2.24, 2.45) is 0 Å². The van der Waals surface area contributed by atoms with E-state index in [1.165, 1.54) is 27.4 Å². The summed E-state index contributed by atoms with van der Waals surface area (Å²) in [6, 6.07) is 11.7. The van der Waals surface area contributed by atoms with Crippen LogP contribution in [0.1, 0.15) is 104 Å². The average molecular weight is 797 g/mol. The third-order valence-electron chi connectivity index (χ3n) is 10.9. The summed E-state index contributed by atoms with van der Waals surface area (Å²) in [4.78, 5) is 62.5. The molecule has 1 fully saturated rings.